The van der Waals surface area contributed by atoms with Crippen molar-refractivity contribution in [3.63, 3.8) is 0 Å². The Hall–Kier alpha value is -2.41. The second-order valence-corrected chi connectivity index (χ2v) is 11.5. The topological polar surface area (TPSA) is 98.9 Å². The lowest BCUT2D eigenvalue weighted by atomic mass is 9.66. The number of fused-ring (bicyclic) bond motifs is 1. The fourth-order valence-electron chi connectivity index (χ4n) is 6.84. The number of H-pyrrole nitrogens is 1. The standard InChI is InChI=1S/C30H47N5O2/c1-4-20(2)26(31-3)30(37)35-27(25(22-11-7-5-8-12-22)23-13-9-6-10-14-23)29(36)34-19-21-17-24-15-16-32-28(24)33-18-21/h15-18,20,22-23,25-27,31H,4-14,19H2,1-3H3,(H,32,33)(H,34,36)(H,35,37)/t20?,26-,27+/m0/s1. The molecule has 2 aromatic heterocycles. The van der Waals surface area contributed by atoms with Crippen LogP contribution in [0.25, 0.3) is 11.0 Å². The molecule has 2 aliphatic carbocycles. The highest BCUT2D eigenvalue weighted by atomic mass is 16.2. The minimum atomic E-state index is -0.512. The predicted octanol–water partition coefficient (Wildman–Crippen LogP) is 5.07. The molecule has 2 fully saturated rings. The van der Waals surface area contributed by atoms with Crippen molar-refractivity contribution in [2.45, 2.75) is 103 Å². The number of amides is 2. The zero-order valence-corrected chi connectivity index (χ0v) is 23.0. The van der Waals surface area contributed by atoms with Crippen LogP contribution in [0.15, 0.2) is 24.5 Å². The van der Waals surface area contributed by atoms with E-state index in [1.165, 1.54) is 38.5 Å². The number of nitrogens with one attached hydrogen (secondary N) is 4. The van der Waals surface area contributed by atoms with Gasteiger partial charge in [0.2, 0.25) is 11.8 Å². The third-order valence-corrected chi connectivity index (χ3v) is 9.08. The molecule has 2 heterocycles. The third-order valence-electron chi connectivity index (χ3n) is 9.08. The first-order valence-corrected chi connectivity index (χ1v) is 14.7. The summed E-state index contributed by atoms with van der Waals surface area (Å²) in [4.78, 5) is 35.1. The second kappa shape index (κ2) is 13.4. The summed E-state index contributed by atoms with van der Waals surface area (Å²) < 4.78 is 0. The van der Waals surface area contributed by atoms with Crippen molar-refractivity contribution in [1.82, 2.24) is 25.9 Å². The number of likely N-dealkylation sites (N-methyl/N-ethyl adjacent to an activating group) is 1. The zero-order chi connectivity index (χ0) is 26.2. The number of carbonyl (C=O) groups excluding carboxylic acids is 2. The number of hydrogen-bond acceptors (Lipinski definition) is 4. The van der Waals surface area contributed by atoms with Crippen LogP contribution in [0.1, 0.15) is 90.0 Å². The second-order valence-electron chi connectivity index (χ2n) is 11.5. The quantitative estimate of drug-likeness (QED) is 0.340. The molecule has 204 valence electrons. The number of aromatic amines is 1. The van der Waals surface area contributed by atoms with Gasteiger partial charge in [-0.15, -0.1) is 0 Å². The molecule has 0 bridgehead atoms. The molecule has 0 spiro atoms. The summed E-state index contributed by atoms with van der Waals surface area (Å²) in [7, 11) is 1.84. The molecule has 3 atom stereocenters. The molecule has 0 aliphatic heterocycles. The number of pyridine rings is 1. The molecule has 7 nitrogen and oxygen atoms in total. The van der Waals surface area contributed by atoms with Crippen LogP contribution in [-0.2, 0) is 16.1 Å². The van der Waals surface area contributed by atoms with Gasteiger partial charge in [0.15, 0.2) is 0 Å². The van der Waals surface area contributed by atoms with E-state index in [0.717, 1.165) is 48.7 Å². The van der Waals surface area contributed by atoms with Gasteiger partial charge in [-0.1, -0.05) is 84.5 Å². The molecule has 0 aromatic carbocycles. The van der Waals surface area contributed by atoms with Crippen LogP contribution < -0.4 is 16.0 Å². The van der Waals surface area contributed by atoms with Crippen molar-refractivity contribution in [2.24, 2.45) is 23.7 Å². The summed E-state index contributed by atoms with van der Waals surface area (Å²) in [5, 5.41) is 10.7. The van der Waals surface area contributed by atoms with E-state index >= 15 is 0 Å². The lowest BCUT2D eigenvalue weighted by Gasteiger charge is -2.42. The Kier molecular flexibility index (Phi) is 10.0. The van der Waals surface area contributed by atoms with E-state index in [1.54, 1.807) is 0 Å². The highest BCUT2D eigenvalue weighted by Gasteiger charge is 2.41. The first-order chi connectivity index (χ1) is 18.0. The maximum atomic E-state index is 14.0. The lowest BCUT2D eigenvalue weighted by Crippen LogP contribution is -2.58. The van der Waals surface area contributed by atoms with Gasteiger partial charge in [0.05, 0.1) is 6.04 Å². The molecule has 2 aliphatic rings. The zero-order valence-electron chi connectivity index (χ0n) is 23.0. The number of carbonyl (C=O) groups is 2. The van der Waals surface area contributed by atoms with Gasteiger partial charge in [-0.05, 0) is 48.4 Å². The van der Waals surface area contributed by atoms with Crippen molar-refractivity contribution in [2.75, 3.05) is 7.05 Å². The molecule has 0 radical (unpaired) electrons. The smallest absolute Gasteiger partial charge is 0.243 e. The Morgan fingerprint density at radius 2 is 1.65 bits per heavy atom. The summed E-state index contributed by atoms with van der Waals surface area (Å²) in [5.74, 6) is 1.25. The molecule has 4 rings (SSSR count). The van der Waals surface area contributed by atoms with Gasteiger partial charge >= 0.3 is 0 Å². The van der Waals surface area contributed by atoms with Crippen molar-refractivity contribution >= 4 is 22.8 Å². The third kappa shape index (κ3) is 6.92. The van der Waals surface area contributed by atoms with Crippen LogP contribution in [-0.4, -0.2) is 40.9 Å². The summed E-state index contributed by atoms with van der Waals surface area (Å²) >= 11 is 0. The Morgan fingerprint density at radius 3 is 2.24 bits per heavy atom. The van der Waals surface area contributed by atoms with Crippen LogP contribution in [0.4, 0.5) is 0 Å². The molecule has 2 saturated carbocycles. The lowest BCUT2D eigenvalue weighted by molar-refractivity contribution is -0.133. The number of nitrogens with zero attached hydrogens (tertiary/aromatic N) is 1. The molecule has 2 amide bonds. The largest absolute Gasteiger partial charge is 0.350 e. The van der Waals surface area contributed by atoms with Gasteiger partial charge in [0, 0.05) is 24.3 Å². The van der Waals surface area contributed by atoms with Gasteiger partial charge in [-0.3, -0.25) is 9.59 Å². The van der Waals surface area contributed by atoms with Crippen molar-refractivity contribution < 1.29 is 9.59 Å². The molecule has 4 N–H and O–H groups in total. The van der Waals surface area contributed by atoms with Crippen LogP contribution in [0.5, 0.6) is 0 Å². The van der Waals surface area contributed by atoms with Gasteiger partial charge in [0.25, 0.3) is 0 Å². The number of hydrogen-bond donors (Lipinski definition) is 4. The van der Waals surface area contributed by atoms with Gasteiger partial charge < -0.3 is 20.9 Å². The maximum absolute atomic E-state index is 14.0. The van der Waals surface area contributed by atoms with E-state index in [-0.39, 0.29) is 29.7 Å². The van der Waals surface area contributed by atoms with Crippen LogP contribution >= 0.6 is 0 Å². The minimum absolute atomic E-state index is 0.0518. The molecular formula is C30H47N5O2. The molecule has 2 aromatic rings. The van der Waals surface area contributed by atoms with Crippen molar-refractivity contribution in [3.8, 4) is 0 Å². The first kappa shape index (κ1) is 27.6. The van der Waals surface area contributed by atoms with Crippen molar-refractivity contribution in [1.29, 1.82) is 0 Å². The number of rotatable bonds is 11. The van der Waals surface area contributed by atoms with Crippen molar-refractivity contribution in [3.05, 3.63) is 30.1 Å². The van der Waals surface area contributed by atoms with Gasteiger partial charge in [-0.2, -0.15) is 0 Å². The molecule has 37 heavy (non-hydrogen) atoms. The highest BCUT2D eigenvalue weighted by Crippen LogP contribution is 2.42. The Morgan fingerprint density at radius 1 is 1.00 bits per heavy atom. The average molecular weight is 510 g/mol. The molecular weight excluding hydrogens is 462 g/mol. The normalized spacial score (nSPS) is 20.0. The van der Waals surface area contributed by atoms with Gasteiger partial charge in [-0.25, -0.2) is 4.98 Å². The predicted molar refractivity (Wildman–Crippen MR) is 149 cm³/mol. The molecule has 0 saturated heterocycles. The fourth-order valence-corrected chi connectivity index (χ4v) is 6.84. The first-order valence-electron chi connectivity index (χ1n) is 14.7. The van der Waals surface area contributed by atoms with E-state index in [1.807, 2.05) is 25.5 Å². The summed E-state index contributed by atoms with van der Waals surface area (Å²) in [6, 6.07) is 3.24. The van der Waals surface area contributed by atoms with E-state index in [2.05, 4.69) is 45.8 Å². The summed E-state index contributed by atoms with van der Waals surface area (Å²) in [5.41, 5.74) is 1.81. The fraction of sp³-hybridized carbons (Fsp3) is 0.700. The van der Waals surface area contributed by atoms with E-state index < -0.39 is 6.04 Å². The summed E-state index contributed by atoms with van der Waals surface area (Å²) in [6.45, 7) is 4.61. The van der Waals surface area contributed by atoms with E-state index in [0.29, 0.717) is 18.4 Å². The van der Waals surface area contributed by atoms with Crippen LogP contribution in [0, 0.1) is 23.7 Å². The van der Waals surface area contributed by atoms with Crippen LogP contribution in [0.2, 0.25) is 0 Å². The monoisotopic (exact) mass is 509 g/mol. The Balaban J connectivity index is 1.58. The van der Waals surface area contributed by atoms with Crippen LogP contribution in [0.3, 0.4) is 0 Å². The SMILES string of the molecule is CCC(C)[C@H](NC)C(=O)N[C@@H](C(=O)NCc1cnc2[nH]ccc2c1)C(C1CCCCC1)C1CCCCC1. The summed E-state index contributed by atoms with van der Waals surface area (Å²) in [6.07, 6.45) is 16.7. The average Bonchev–Trinajstić information content (AvgIpc) is 3.41. The van der Waals surface area contributed by atoms with E-state index in [9.17, 15) is 9.59 Å². The minimum Gasteiger partial charge on any atom is -0.350 e. The molecule has 7 heteroatoms. The van der Waals surface area contributed by atoms with Gasteiger partial charge in [0.1, 0.15) is 11.7 Å². The van der Waals surface area contributed by atoms with E-state index in [4.69, 9.17) is 0 Å². The Labute approximate surface area is 222 Å². The molecule has 1 unspecified atom stereocenters. The number of aromatic nitrogens is 2. The highest BCUT2D eigenvalue weighted by molar-refractivity contribution is 5.90. The maximum Gasteiger partial charge on any atom is 0.243 e. The Bertz CT molecular complexity index is 990.